The van der Waals surface area contributed by atoms with Gasteiger partial charge in [-0.1, -0.05) is 42.5 Å². The summed E-state index contributed by atoms with van der Waals surface area (Å²) in [4.78, 5) is 29.8. The number of methoxy groups -OCH3 is 1. The lowest BCUT2D eigenvalue weighted by molar-refractivity contribution is -0.138. The van der Waals surface area contributed by atoms with E-state index in [1.165, 1.54) is 7.11 Å². The Balaban J connectivity index is 1.32. The highest BCUT2D eigenvalue weighted by Crippen LogP contribution is 2.22. The molecule has 8 nitrogen and oxygen atoms in total. The lowest BCUT2D eigenvalue weighted by atomic mass is 10.1. The van der Waals surface area contributed by atoms with Gasteiger partial charge in [-0.25, -0.2) is 9.78 Å². The summed E-state index contributed by atoms with van der Waals surface area (Å²) in [6, 6.07) is 23.7. The summed E-state index contributed by atoms with van der Waals surface area (Å²) in [7, 11) is 1.54. The number of carboxylic acids is 1. The third-order valence-electron chi connectivity index (χ3n) is 6.01. The smallest absolute Gasteiger partial charge is 0.416 e. The molecular formula is C32H30N2O6. The van der Waals surface area contributed by atoms with Gasteiger partial charge in [-0.05, 0) is 79.4 Å². The SMILES string of the molecule is COc1ccc(OC(=O)N(CC(=O)O)Cc2ccc(C=C=CCCc3nc(-c4ccccc4)oc3C)cc2)cc1. The highest BCUT2D eigenvalue weighted by molar-refractivity contribution is 5.78. The van der Waals surface area contributed by atoms with Crippen LogP contribution in [0.2, 0.25) is 0 Å². The number of carbonyl (C=O) groups is 2. The minimum Gasteiger partial charge on any atom is -0.497 e. The maximum atomic E-state index is 12.7. The summed E-state index contributed by atoms with van der Waals surface area (Å²) in [6.45, 7) is 1.52. The van der Waals surface area contributed by atoms with Crippen LogP contribution in [0.5, 0.6) is 11.5 Å². The second-order valence-electron chi connectivity index (χ2n) is 8.98. The van der Waals surface area contributed by atoms with Gasteiger partial charge in [-0.3, -0.25) is 9.69 Å². The molecule has 8 heteroatoms. The normalized spacial score (nSPS) is 10.3. The van der Waals surface area contributed by atoms with E-state index in [0.29, 0.717) is 17.4 Å². The second-order valence-corrected chi connectivity index (χ2v) is 8.98. The number of rotatable bonds is 11. The molecule has 0 saturated carbocycles. The van der Waals surface area contributed by atoms with Crippen molar-refractivity contribution in [2.24, 2.45) is 0 Å². The number of benzene rings is 3. The molecule has 0 saturated heterocycles. The number of allylic oxidation sites excluding steroid dienone is 1. The van der Waals surface area contributed by atoms with E-state index >= 15 is 0 Å². The molecule has 204 valence electrons. The number of aromatic nitrogens is 1. The number of aryl methyl sites for hydroxylation is 2. The fraction of sp³-hybridized carbons (Fsp3) is 0.188. The molecule has 0 bridgehead atoms. The van der Waals surface area contributed by atoms with Gasteiger partial charge in [0.1, 0.15) is 23.8 Å². The number of oxazole rings is 1. The van der Waals surface area contributed by atoms with Crippen LogP contribution >= 0.6 is 0 Å². The molecule has 0 aliphatic rings. The van der Waals surface area contributed by atoms with Crippen molar-refractivity contribution in [1.29, 1.82) is 0 Å². The minimum absolute atomic E-state index is 0.0865. The summed E-state index contributed by atoms with van der Waals surface area (Å²) in [6.07, 6.45) is 4.57. The van der Waals surface area contributed by atoms with Crippen molar-refractivity contribution >= 4 is 18.1 Å². The lowest BCUT2D eigenvalue weighted by Gasteiger charge is -2.20. The van der Waals surface area contributed by atoms with Gasteiger partial charge in [0.15, 0.2) is 0 Å². The van der Waals surface area contributed by atoms with Gasteiger partial charge >= 0.3 is 12.1 Å². The number of hydrogen-bond acceptors (Lipinski definition) is 6. The average Bonchev–Trinajstić information content (AvgIpc) is 3.34. The van der Waals surface area contributed by atoms with E-state index < -0.39 is 18.6 Å². The summed E-state index contributed by atoms with van der Waals surface area (Å²) in [5.74, 6) is 1.23. The number of nitrogens with zero attached hydrogens (tertiary/aromatic N) is 2. The highest BCUT2D eigenvalue weighted by Gasteiger charge is 2.19. The summed E-state index contributed by atoms with van der Waals surface area (Å²) < 4.78 is 16.3. The second kappa shape index (κ2) is 13.6. The van der Waals surface area contributed by atoms with Gasteiger partial charge in [0.2, 0.25) is 5.89 Å². The summed E-state index contributed by atoms with van der Waals surface area (Å²) >= 11 is 0. The third-order valence-corrected chi connectivity index (χ3v) is 6.01. The fourth-order valence-corrected chi connectivity index (χ4v) is 3.91. The van der Waals surface area contributed by atoms with Crippen molar-refractivity contribution in [2.45, 2.75) is 26.3 Å². The molecule has 0 atom stereocenters. The van der Waals surface area contributed by atoms with Crippen LogP contribution in [0.25, 0.3) is 17.5 Å². The molecule has 0 aliphatic heterocycles. The van der Waals surface area contributed by atoms with Crippen molar-refractivity contribution in [1.82, 2.24) is 9.88 Å². The topological polar surface area (TPSA) is 102 Å². The lowest BCUT2D eigenvalue weighted by Crippen LogP contribution is -2.37. The molecule has 1 heterocycles. The van der Waals surface area contributed by atoms with E-state index in [9.17, 15) is 14.7 Å². The van der Waals surface area contributed by atoms with E-state index in [1.54, 1.807) is 24.3 Å². The number of carboxylic acid groups (broad SMARTS) is 1. The predicted octanol–water partition coefficient (Wildman–Crippen LogP) is 6.55. The van der Waals surface area contributed by atoms with Crippen LogP contribution in [0.15, 0.2) is 95.1 Å². The van der Waals surface area contributed by atoms with Gasteiger partial charge in [-0.15, -0.1) is 5.73 Å². The number of amides is 1. The van der Waals surface area contributed by atoms with E-state index in [1.807, 2.05) is 73.7 Å². The molecule has 40 heavy (non-hydrogen) atoms. The molecule has 4 rings (SSSR count). The molecule has 3 aromatic carbocycles. The van der Waals surface area contributed by atoms with Gasteiger partial charge in [0.25, 0.3) is 0 Å². The quantitative estimate of drug-likeness (QED) is 0.216. The van der Waals surface area contributed by atoms with E-state index in [-0.39, 0.29) is 6.54 Å². The Morgan fingerprint density at radius 1 is 1.00 bits per heavy atom. The minimum atomic E-state index is -1.13. The van der Waals surface area contributed by atoms with Gasteiger partial charge in [0, 0.05) is 12.1 Å². The summed E-state index contributed by atoms with van der Waals surface area (Å²) in [5, 5.41) is 9.28. The van der Waals surface area contributed by atoms with Crippen LogP contribution in [0.4, 0.5) is 4.79 Å². The van der Waals surface area contributed by atoms with E-state index in [0.717, 1.165) is 45.9 Å². The Hall–Kier alpha value is -5.07. The molecule has 1 amide bonds. The van der Waals surface area contributed by atoms with Gasteiger partial charge < -0.3 is 19.0 Å². The van der Waals surface area contributed by atoms with Crippen molar-refractivity contribution in [3.8, 4) is 23.0 Å². The average molecular weight is 539 g/mol. The Bertz CT molecular complexity index is 1480. The number of hydrogen-bond donors (Lipinski definition) is 1. The third kappa shape index (κ3) is 7.96. The first kappa shape index (κ1) is 28.0. The van der Waals surface area contributed by atoms with E-state index in [4.69, 9.17) is 13.9 Å². The molecule has 0 radical (unpaired) electrons. The van der Waals surface area contributed by atoms with E-state index in [2.05, 4.69) is 10.7 Å². The van der Waals surface area contributed by atoms with Crippen LogP contribution < -0.4 is 9.47 Å². The van der Waals surface area contributed by atoms with Crippen molar-refractivity contribution in [2.75, 3.05) is 13.7 Å². The van der Waals surface area contributed by atoms with Crippen LogP contribution in [0, 0.1) is 6.92 Å². The van der Waals surface area contributed by atoms with Crippen LogP contribution in [0.1, 0.15) is 29.0 Å². The molecular weight excluding hydrogens is 508 g/mol. The molecule has 4 aromatic rings. The fourth-order valence-electron chi connectivity index (χ4n) is 3.91. The number of aliphatic carboxylic acids is 1. The Morgan fingerprint density at radius 2 is 1.70 bits per heavy atom. The van der Waals surface area contributed by atoms with Gasteiger partial charge in [0.05, 0.1) is 12.8 Å². The molecule has 0 unspecified atom stereocenters. The molecule has 1 aromatic heterocycles. The Labute approximate surface area is 232 Å². The van der Waals surface area contributed by atoms with Gasteiger partial charge in [-0.2, -0.15) is 0 Å². The zero-order chi connectivity index (χ0) is 28.3. The zero-order valence-electron chi connectivity index (χ0n) is 22.4. The zero-order valence-corrected chi connectivity index (χ0v) is 22.4. The Kier molecular flexibility index (Phi) is 9.53. The first-order valence-corrected chi connectivity index (χ1v) is 12.8. The predicted molar refractivity (Wildman–Crippen MR) is 151 cm³/mol. The molecule has 0 aliphatic carbocycles. The first-order valence-electron chi connectivity index (χ1n) is 12.8. The highest BCUT2D eigenvalue weighted by atomic mass is 16.6. The van der Waals surface area contributed by atoms with Crippen LogP contribution in [-0.2, 0) is 17.8 Å². The first-order chi connectivity index (χ1) is 19.4. The maximum absolute atomic E-state index is 12.7. The summed E-state index contributed by atoms with van der Waals surface area (Å²) in [5.41, 5.74) is 6.77. The van der Waals surface area contributed by atoms with Crippen molar-refractivity contribution < 1.29 is 28.6 Å². The monoisotopic (exact) mass is 538 g/mol. The number of ether oxygens (including phenoxy) is 2. The van der Waals surface area contributed by atoms with Crippen LogP contribution in [-0.4, -0.2) is 40.7 Å². The Morgan fingerprint density at radius 3 is 2.38 bits per heavy atom. The number of carbonyl (C=O) groups excluding carboxylic acids is 1. The van der Waals surface area contributed by atoms with Crippen LogP contribution in [0.3, 0.4) is 0 Å². The largest absolute Gasteiger partial charge is 0.497 e. The van der Waals surface area contributed by atoms with Crippen molar-refractivity contribution in [3.63, 3.8) is 0 Å². The standard InChI is InChI=1S/C32H30N2O6/c1-23-29(33-31(39-23)26-10-6-4-7-11-26)12-8-3-5-9-24-13-15-25(16-14-24)21-34(22-30(35)36)32(37)40-28-19-17-27(38-2)18-20-28/h3-4,6-7,9-11,13-20H,8,12,21-22H2,1-2H3,(H,35,36). The molecule has 1 N–H and O–H groups in total. The molecule has 0 spiro atoms. The van der Waals surface area contributed by atoms with Crippen molar-refractivity contribution in [3.05, 3.63) is 113 Å². The maximum Gasteiger partial charge on any atom is 0.416 e. The molecule has 0 fully saturated rings.